The Morgan fingerprint density at radius 1 is 0.553 bits per heavy atom. The SMILES string of the molecule is CCCCCCCCCCCCSCc1cc(CSCCCCCCCCCCCC)c(O)c(C(C)C)c1. The summed E-state index contributed by atoms with van der Waals surface area (Å²) in [5, 5.41) is 10.9. The molecule has 38 heavy (non-hydrogen) atoms. The maximum Gasteiger partial charge on any atom is 0.123 e. The van der Waals surface area contributed by atoms with Crippen molar-refractivity contribution in [1.29, 1.82) is 0 Å². The molecule has 0 saturated heterocycles. The van der Waals surface area contributed by atoms with Crippen molar-refractivity contribution in [3.8, 4) is 5.75 Å². The highest BCUT2D eigenvalue weighted by atomic mass is 32.2. The zero-order chi connectivity index (χ0) is 27.7. The highest BCUT2D eigenvalue weighted by Crippen LogP contribution is 2.34. The molecule has 0 radical (unpaired) electrons. The lowest BCUT2D eigenvalue weighted by Crippen LogP contribution is -1.97. The average Bonchev–Trinajstić information content (AvgIpc) is 2.91. The Balaban J connectivity index is 2.22. The zero-order valence-corrected chi connectivity index (χ0v) is 27.6. The van der Waals surface area contributed by atoms with E-state index in [2.05, 4.69) is 51.6 Å². The van der Waals surface area contributed by atoms with Gasteiger partial charge in [0.1, 0.15) is 5.75 Å². The Bertz CT molecular complexity index is 658. The number of hydrogen-bond donors (Lipinski definition) is 1. The van der Waals surface area contributed by atoms with Crippen molar-refractivity contribution < 1.29 is 5.11 Å². The second-order valence-corrected chi connectivity index (χ2v) is 14.0. The summed E-state index contributed by atoms with van der Waals surface area (Å²) in [5.74, 6) is 5.42. The standard InChI is InChI=1S/C35H64OS2/c1-5-7-9-11-13-15-17-19-21-23-25-37-29-32-27-33(35(36)34(28-32)31(3)4)30-38-26-24-22-20-18-16-14-12-10-8-6-2/h27-28,31,36H,5-26,29-30H2,1-4H3. The van der Waals surface area contributed by atoms with Gasteiger partial charge in [-0.25, -0.2) is 0 Å². The van der Waals surface area contributed by atoms with E-state index in [-0.39, 0.29) is 0 Å². The molecule has 0 aromatic heterocycles. The molecule has 0 atom stereocenters. The summed E-state index contributed by atoms with van der Waals surface area (Å²) in [6.45, 7) is 8.99. The molecule has 0 fully saturated rings. The predicted molar refractivity (Wildman–Crippen MR) is 178 cm³/mol. The van der Waals surface area contributed by atoms with E-state index in [0.29, 0.717) is 11.7 Å². The van der Waals surface area contributed by atoms with Crippen LogP contribution in [0.2, 0.25) is 0 Å². The highest BCUT2D eigenvalue weighted by molar-refractivity contribution is 7.98. The third-order valence-electron chi connectivity index (χ3n) is 7.71. The lowest BCUT2D eigenvalue weighted by atomic mass is 9.97. The number of hydrogen-bond acceptors (Lipinski definition) is 3. The van der Waals surface area contributed by atoms with Gasteiger partial charge < -0.3 is 5.11 Å². The molecule has 0 spiro atoms. The molecule has 1 aromatic carbocycles. The Kier molecular flexibility index (Phi) is 24.1. The van der Waals surface area contributed by atoms with Crippen LogP contribution in [-0.2, 0) is 11.5 Å². The molecule has 0 bridgehead atoms. The van der Waals surface area contributed by atoms with Gasteiger partial charge in [0.15, 0.2) is 0 Å². The second kappa shape index (κ2) is 25.7. The first kappa shape index (κ1) is 35.7. The highest BCUT2D eigenvalue weighted by Gasteiger charge is 2.13. The van der Waals surface area contributed by atoms with Gasteiger partial charge in [0.2, 0.25) is 0 Å². The van der Waals surface area contributed by atoms with Crippen molar-refractivity contribution in [3.63, 3.8) is 0 Å². The van der Waals surface area contributed by atoms with Crippen LogP contribution >= 0.6 is 23.5 Å². The van der Waals surface area contributed by atoms with Crippen LogP contribution in [0.4, 0.5) is 0 Å². The van der Waals surface area contributed by atoms with Crippen molar-refractivity contribution >= 4 is 23.5 Å². The number of rotatable bonds is 27. The van der Waals surface area contributed by atoms with Crippen LogP contribution in [0.5, 0.6) is 5.75 Å². The van der Waals surface area contributed by atoms with Gasteiger partial charge in [0.05, 0.1) is 0 Å². The van der Waals surface area contributed by atoms with Gasteiger partial charge >= 0.3 is 0 Å². The summed E-state index contributed by atoms with van der Waals surface area (Å²) in [5.41, 5.74) is 3.69. The molecule has 0 aliphatic heterocycles. The number of aromatic hydroxyl groups is 1. The Hall–Kier alpha value is -0.280. The van der Waals surface area contributed by atoms with Gasteiger partial charge in [-0.05, 0) is 41.4 Å². The third kappa shape index (κ3) is 18.9. The Labute approximate surface area is 247 Å². The topological polar surface area (TPSA) is 20.2 Å². The molecule has 0 saturated carbocycles. The van der Waals surface area contributed by atoms with E-state index < -0.39 is 0 Å². The van der Waals surface area contributed by atoms with Gasteiger partial charge in [-0.15, -0.1) is 0 Å². The molecule has 0 amide bonds. The minimum Gasteiger partial charge on any atom is -0.507 e. The molecular weight excluding hydrogens is 501 g/mol. The van der Waals surface area contributed by atoms with Crippen molar-refractivity contribution in [3.05, 3.63) is 28.8 Å². The Morgan fingerprint density at radius 2 is 0.947 bits per heavy atom. The van der Waals surface area contributed by atoms with E-state index in [1.54, 1.807) is 0 Å². The minimum atomic E-state index is 0.368. The molecule has 3 heteroatoms. The van der Waals surface area contributed by atoms with Crippen LogP contribution in [0.3, 0.4) is 0 Å². The molecule has 0 heterocycles. The van der Waals surface area contributed by atoms with Crippen molar-refractivity contribution in [2.24, 2.45) is 0 Å². The predicted octanol–water partition coefficient (Wildman–Crippen LogP) is 12.8. The number of unbranched alkanes of at least 4 members (excludes halogenated alkanes) is 18. The average molecular weight is 565 g/mol. The quantitative estimate of drug-likeness (QED) is 0.107. The first-order valence-electron chi connectivity index (χ1n) is 16.6. The van der Waals surface area contributed by atoms with E-state index in [4.69, 9.17) is 0 Å². The summed E-state index contributed by atoms with van der Waals surface area (Å²) in [7, 11) is 0. The van der Waals surface area contributed by atoms with E-state index >= 15 is 0 Å². The molecule has 1 N–H and O–H groups in total. The molecule has 0 unspecified atom stereocenters. The molecule has 1 aromatic rings. The maximum absolute atomic E-state index is 10.9. The van der Waals surface area contributed by atoms with Gasteiger partial charge in [0, 0.05) is 17.1 Å². The maximum atomic E-state index is 10.9. The molecule has 1 nitrogen and oxygen atoms in total. The normalized spacial score (nSPS) is 11.6. The van der Waals surface area contributed by atoms with E-state index in [1.165, 1.54) is 145 Å². The number of phenolic OH excluding ortho intramolecular Hbond substituents is 1. The van der Waals surface area contributed by atoms with E-state index in [9.17, 15) is 5.11 Å². The fraction of sp³-hybridized carbons (Fsp3) is 0.829. The fourth-order valence-electron chi connectivity index (χ4n) is 5.18. The first-order valence-corrected chi connectivity index (χ1v) is 18.9. The van der Waals surface area contributed by atoms with Crippen molar-refractivity contribution in [1.82, 2.24) is 0 Å². The van der Waals surface area contributed by atoms with Crippen LogP contribution in [0.25, 0.3) is 0 Å². The van der Waals surface area contributed by atoms with Crippen molar-refractivity contribution in [2.75, 3.05) is 11.5 Å². The first-order chi connectivity index (χ1) is 18.6. The number of benzene rings is 1. The molecule has 222 valence electrons. The molecular formula is C35H64OS2. The monoisotopic (exact) mass is 564 g/mol. The zero-order valence-electron chi connectivity index (χ0n) is 26.0. The summed E-state index contributed by atoms with van der Waals surface area (Å²) in [6, 6.07) is 4.56. The largest absolute Gasteiger partial charge is 0.507 e. The van der Waals surface area contributed by atoms with E-state index in [0.717, 1.165) is 22.6 Å². The van der Waals surface area contributed by atoms with Crippen molar-refractivity contribution in [2.45, 2.75) is 174 Å². The summed E-state index contributed by atoms with van der Waals surface area (Å²) in [4.78, 5) is 0. The smallest absolute Gasteiger partial charge is 0.123 e. The summed E-state index contributed by atoms with van der Waals surface area (Å²) >= 11 is 4.08. The van der Waals surface area contributed by atoms with Crippen LogP contribution in [0.1, 0.15) is 179 Å². The van der Waals surface area contributed by atoms with Crippen LogP contribution in [0.15, 0.2) is 12.1 Å². The minimum absolute atomic E-state index is 0.368. The summed E-state index contributed by atoms with van der Waals surface area (Å²) in [6.07, 6.45) is 28.0. The van der Waals surface area contributed by atoms with Crippen LogP contribution in [-0.4, -0.2) is 16.6 Å². The number of thioether (sulfide) groups is 2. The lowest BCUT2D eigenvalue weighted by molar-refractivity contribution is 0.460. The third-order valence-corrected chi connectivity index (χ3v) is 9.92. The van der Waals surface area contributed by atoms with Gasteiger partial charge in [-0.2, -0.15) is 23.5 Å². The van der Waals surface area contributed by atoms with Gasteiger partial charge in [-0.3, -0.25) is 0 Å². The fourth-order valence-corrected chi connectivity index (χ4v) is 7.12. The summed E-state index contributed by atoms with van der Waals surface area (Å²) < 4.78 is 0. The van der Waals surface area contributed by atoms with Crippen LogP contribution in [0, 0.1) is 0 Å². The van der Waals surface area contributed by atoms with Crippen LogP contribution < -0.4 is 0 Å². The lowest BCUT2D eigenvalue weighted by Gasteiger charge is -2.15. The molecule has 0 aliphatic carbocycles. The molecule has 1 rings (SSSR count). The second-order valence-electron chi connectivity index (χ2n) is 11.8. The van der Waals surface area contributed by atoms with Gasteiger partial charge in [-0.1, -0.05) is 155 Å². The van der Waals surface area contributed by atoms with Gasteiger partial charge in [0.25, 0.3) is 0 Å². The number of phenols is 1. The Morgan fingerprint density at radius 3 is 1.37 bits per heavy atom. The van der Waals surface area contributed by atoms with E-state index in [1.807, 2.05) is 11.8 Å². The molecule has 0 aliphatic rings.